The first-order valence-electron chi connectivity index (χ1n) is 10.3. The number of hydrogen-bond acceptors (Lipinski definition) is 5. The van der Waals surface area contributed by atoms with E-state index in [1.165, 1.54) is 17.0 Å². The average molecular weight is 440 g/mol. The van der Waals surface area contributed by atoms with Crippen LogP contribution in [-0.2, 0) is 14.3 Å². The largest absolute Gasteiger partial charge is 0.454 e. The Labute approximate surface area is 185 Å². The lowest BCUT2D eigenvalue weighted by Gasteiger charge is -2.25. The number of benzene rings is 2. The molecule has 1 aliphatic carbocycles. The van der Waals surface area contributed by atoms with E-state index >= 15 is 0 Å². The van der Waals surface area contributed by atoms with Crippen molar-refractivity contribution in [1.82, 2.24) is 0 Å². The molecule has 1 heterocycles. The van der Waals surface area contributed by atoms with Crippen molar-refractivity contribution < 1.29 is 23.9 Å². The van der Waals surface area contributed by atoms with E-state index < -0.39 is 12.6 Å². The molecule has 6 nitrogen and oxygen atoms in total. The third-order valence-corrected chi connectivity index (χ3v) is 6.30. The third-order valence-electron chi connectivity index (χ3n) is 6.05. The van der Waals surface area contributed by atoms with E-state index in [0.29, 0.717) is 22.2 Å². The number of halogens is 1. The summed E-state index contributed by atoms with van der Waals surface area (Å²) < 4.78 is 5.10. The van der Waals surface area contributed by atoms with Gasteiger partial charge >= 0.3 is 5.97 Å². The molecule has 2 fully saturated rings. The maximum atomic E-state index is 12.8. The second-order valence-corrected chi connectivity index (χ2v) is 8.63. The van der Waals surface area contributed by atoms with E-state index in [1.807, 2.05) is 0 Å². The Morgan fingerprint density at radius 3 is 2.23 bits per heavy atom. The topological polar surface area (TPSA) is 80.8 Å². The monoisotopic (exact) mass is 439 g/mol. The molecular formula is C24H22ClNO5. The van der Waals surface area contributed by atoms with Gasteiger partial charge in [0, 0.05) is 10.6 Å². The van der Waals surface area contributed by atoms with E-state index in [0.717, 1.165) is 19.3 Å². The van der Waals surface area contributed by atoms with E-state index in [2.05, 4.69) is 6.92 Å². The molecule has 0 unspecified atom stereocenters. The molecule has 0 aromatic heterocycles. The van der Waals surface area contributed by atoms with Crippen LogP contribution in [-0.4, -0.2) is 30.2 Å². The molecule has 7 heteroatoms. The van der Waals surface area contributed by atoms with Gasteiger partial charge in [-0.3, -0.25) is 19.3 Å². The molecule has 2 amide bonds. The van der Waals surface area contributed by atoms with Gasteiger partial charge in [0.25, 0.3) is 0 Å². The van der Waals surface area contributed by atoms with Gasteiger partial charge in [-0.25, -0.2) is 4.79 Å². The average Bonchev–Trinajstić information content (AvgIpc) is 3.02. The third kappa shape index (κ3) is 4.26. The van der Waals surface area contributed by atoms with E-state index in [9.17, 15) is 19.2 Å². The van der Waals surface area contributed by atoms with Gasteiger partial charge in [0.15, 0.2) is 12.4 Å². The Bertz CT molecular complexity index is 1030. The minimum absolute atomic E-state index is 0.161. The number of amides is 2. The highest BCUT2D eigenvalue weighted by Gasteiger charge is 2.49. The number of imide groups is 1. The maximum absolute atomic E-state index is 12.8. The van der Waals surface area contributed by atoms with Crippen LogP contribution in [0.15, 0.2) is 48.5 Å². The summed E-state index contributed by atoms with van der Waals surface area (Å²) in [5.74, 6) is -1.38. The zero-order valence-corrected chi connectivity index (χ0v) is 17.8. The number of hydrogen-bond donors (Lipinski definition) is 0. The first-order valence-corrected chi connectivity index (χ1v) is 10.7. The molecule has 1 saturated heterocycles. The number of carbonyl (C=O) groups excluding carboxylic acids is 4. The standard InChI is InChI=1S/C24H22ClNO5/c1-14-2-11-19-20(12-14)23(29)26(22(19)28)18-9-5-16(6-10-18)24(30)31-13-21(27)15-3-7-17(25)8-4-15/h3-10,14,19-20H,2,11-13H2,1H3/t14-,19-,20+/m1/s1. The first kappa shape index (κ1) is 21.2. The molecule has 0 radical (unpaired) electrons. The Hall–Kier alpha value is -2.99. The smallest absolute Gasteiger partial charge is 0.338 e. The molecule has 2 aliphatic rings. The molecule has 160 valence electrons. The minimum Gasteiger partial charge on any atom is -0.454 e. The number of ketones is 1. The van der Waals surface area contributed by atoms with Gasteiger partial charge in [-0.05, 0) is 73.7 Å². The number of nitrogens with zero attached hydrogens (tertiary/aromatic N) is 1. The van der Waals surface area contributed by atoms with Crippen molar-refractivity contribution >= 4 is 40.9 Å². The van der Waals surface area contributed by atoms with Crippen LogP contribution in [0.5, 0.6) is 0 Å². The summed E-state index contributed by atoms with van der Waals surface area (Å²) in [7, 11) is 0. The second-order valence-electron chi connectivity index (χ2n) is 8.20. The molecule has 31 heavy (non-hydrogen) atoms. The van der Waals surface area contributed by atoms with Crippen molar-refractivity contribution in [2.45, 2.75) is 26.2 Å². The summed E-state index contributed by atoms with van der Waals surface area (Å²) in [4.78, 5) is 51.3. The lowest BCUT2D eigenvalue weighted by Crippen LogP contribution is -2.30. The predicted molar refractivity (Wildman–Crippen MR) is 115 cm³/mol. The zero-order valence-electron chi connectivity index (χ0n) is 17.0. The molecule has 0 N–H and O–H groups in total. The van der Waals surface area contributed by atoms with E-state index in [-0.39, 0.29) is 35.0 Å². The van der Waals surface area contributed by atoms with Crippen LogP contribution < -0.4 is 4.90 Å². The predicted octanol–water partition coefficient (Wildman–Crippen LogP) is 4.31. The van der Waals surface area contributed by atoms with Crippen molar-refractivity contribution in [3.63, 3.8) is 0 Å². The van der Waals surface area contributed by atoms with Crippen LogP contribution in [0.25, 0.3) is 0 Å². The number of esters is 1. The zero-order chi connectivity index (χ0) is 22.1. The lowest BCUT2D eigenvalue weighted by atomic mass is 9.76. The van der Waals surface area contributed by atoms with Crippen molar-refractivity contribution in [2.24, 2.45) is 17.8 Å². The lowest BCUT2D eigenvalue weighted by molar-refractivity contribution is -0.122. The fourth-order valence-electron chi connectivity index (χ4n) is 4.32. The molecule has 2 aromatic carbocycles. The van der Waals surface area contributed by atoms with Gasteiger partial charge < -0.3 is 4.74 Å². The molecule has 4 rings (SSSR count). The fourth-order valence-corrected chi connectivity index (χ4v) is 4.45. The number of Topliss-reactive ketones (excluding diaryl/α,β-unsaturated/α-hetero) is 1. The van der Waals surface area contributed by atoms with Gasteiger partial charge in [-0.1, -0.05) is 18.5 Å². The quantitative estimate of drug-likeness (QED) is 0.394. The van der Waals surface area contributed by atoms with E-state index in [1.54, 1.807) is 36.4 Å². The normalized spacial score (nSPS) is 22.9. The van der Waals surface area contributed by atoms with Crippen LogP contribution in [0.3, 0.4) is 0 Å². The molecule has 0 bridgehead atoms. The summed E-state index contributed by atoms with van der Waals surface area (Å²) >= 11 is 5.80. The van der Waals surface area contributed by atoms with Crippen molar-refractivity contribution in [2.75, 3.05) is 11.5 Å². The second kappa shape index (κ2) is 8.63. The SMILES string of the molecule is C[C@@H]1CC[C@H]2C(=O)N(c3ccc(C(=O)OCC(=O)c4ccc(Cl)cc4)cc3)C(=O)[C@H]2C1. The number of carbonyl (C=O) groups is 4. The Morgan fingerprint density at radius 1 is 0.935 bits per heavy atom. The highest BCUT2D eigenvalue weighted by atomic mass is 35.5. The van der Waals surface area contributed by atoms with Crippen LogP contribution in [0.1, 0.15) is 46.9 Å². The van der Waals surface area contributed by atoms with Crippen LogP contribution in [0, 0.1) is 17.8 Å². The summed E-state index contributed by atoms with van der Waals surface area (Å²) in [5.41, 5.74) is 1.08. The molecule has 1 saturated carbocycles. The van der Waals surface area contributed by atoms with Gasteiger partial charge in [0.05, 0.1) is 23.1 Å². The number of fused-ring (bicyclic) bond motifs is 1. The molecule has 2 aromatic rings. The fraction of sp³-hybridized carbons (Fsp3) is 0.333. The maximum Gasteiger partial charge on any atom is 0.338 e. The highest BCUT2D eigenvalue weighted by molar-refractivity contribution is 6.30. The van der Waals surface area contributed by atoms with Crippen molar-refractivity contribution in [1.29, 1.82) is 0 Å². The molecular weight excluding hydrogens is 418 g/mol. The van der Waals surface area contributed by atoms with Gasteiger partial charge in [-0.2, -0.15) is 0 Å². The Balaban J connectivity index is 1.40. The van der Waals surface area contributed by atoms with Crippen LogP contribution >= 0.6 is 11.6 Å². The van der Waals surface area contributed by atoms with Crippen LogP contribution in [0.4, 0.5) is 5.69 Å². The minimum atomic E-state index is -0.657. The van der Waals surface area contributed by atoms with Gasteiger partial charge in [0.1, 0.15) is 0 Å². The molecule has 1 aliphatic heterocycles. The van der Waals surface area contributed by atoms with Crippen LogP contribution in [0.2, 0.25) is 5.02 Å². The molecule has 0 spiro atoms. The highest BCUT2D eigenvalue weighted by Crippen LogP contribution is 2.42. The summed E-state index contributed by atoms with van der Waals surface area (Å²) in [6, 6.07) is 12.4. The van der Waals surface area contributed by atoms with Gasteiger partial charge in [-0.15, -0.1) is 0 Å². The summed E-state index contributed by atoms with van der Waals surface area (Å²) in [6.07, 6.45) is 2.42. The summed E-state index contributed by atoms with van der Waals surface area (Å²) in [6.45, 7) is 1.71. The number of ether oxygens (including phenoxy) is 1. The Kier molecular flexibility index (Phi) is 5.92. The number of anilines is 1. The van der Waals surface area contributed by atoms with Crippen molar-refractivity contribution in [3.05, 3.63) is 64.7 Å². The summed E-state index contributed by atoms with van der Waals surface area (Å²) in [5, 5.41) is 0.511. The first-order chi connectivity index (χ1) is 14.8. The Morgan fingerprint density at radius 2 is 1.55 bits per heavy atom. The van der Waals surface area contributed by atoms with E-state index in [4.69, 9.17) is 16.3 Å². The number of rotatable bonds is 5. The van der Waals surface area contributed by atoms with Crippen molar-refractivity contribution in [3.8, 4) is 0 Å². The molecule has 3 atom stereocenters. The van der Waals surface area contributed by atoms with Gasteiger partial charge in [0.2, 0.25) is 11.8 Å².